The number of benzene rings is 1. The van der Waals surface area contributed by atoms with Gasteiger partial charge in [-0.15, -0.1) is 0 Å². The van der Waals surface area contributed by atoms with Crippen molar-refractivity contribution in [2.75, 3.05) is 22.7 Å². The average molecular weight is 521 g/mol. The Bertz CT molecular complexity index is 1330. The molecule has 1 aromatic heterocycles. The van der Waals surface area contributed by atoms with Crippen molar-refractivity contribution in [3.63, 3.8) is 0 Å². The van der Waals surface area contributed by atoms with Crippen LogP contribution >= 0.6 is 0 Å². The van der Waals surface area contributed by atoms with E-state index in [1.165, 1.54) is 25.1 Å². The molecule has 0 saturated heterocycles. The zero-order chi connectivity index (χ0) is 24.8. The van der Waals surface area contributed by atoms with E-state index >= 15 is 0 Å². The molecule has 1 amide bonds. The van der Waals surface area contributed by atoms with Crippen LogP contribution < -0.4 is 24.2 Å². The number of nitrogens with zero attached hydrogens (tertiary/aromatic N) is 3. The highest BCUT2D eigenvalue weighted by molar-refractivity contribution is 7.93. The third-order valence-corrected chi connectivity index (χ3v) is 9.17. The van der Waals surface area contributed by atoms with E-state index in [0.29, 0.717) is 12.8 Å². The number of carbonyl (C=O) groups is 1. The van der Waals surface area contributed by atoms with Gasteiger partial charge in [0, 0.05) is 12.2 Å². The third-order valence-electron chi connectivity index (χ3n) is 5.37. The van der Waals surface area contributed by atoms with Gasteiger partial charge in [0.2, 0.25) is 10.0 Å². The van der Waals surface area contributed by atoms with Crippen LogP contribution in [0.5, 0.6) is 5.75 Å². The van der Waals surface area contributed by atoms with Gasteiger partial charge in [-0.25, -0.2) is 26.2 Å². The van der Waals surface area contributed by atoms with Crippen LogP contribution in [-0.2, 0) is 20.0 Å². The Hall–Kier alpha value is -2.98. The van der Waals surface area contributed by atoms with Crippen molar-refractivity contribution in [2.45, 2.75) is 42.6 Å². The number of fused-ring (bicyclic) bond motifs is 1. The summed E-state index contributed by atoms with van der Waals surface area (Å²) in [5.41, 5.74) is -0.398. The van der Waals surface area contributed by atoms with Crippen LogP contribution in [0.4, 0.5) is 25.0 Å². The quantitative estimate of drug-likeness (QED) is 0.505. The first-order valence-corrected chi connectivity index (χ1v) is 13.0. The van der Waals surface area contributed by atoms with Crippen LogP contribution in [0.15, 0.2) is 29.3 Å². The molecule has 2 aromatic rings. The predicted molar refractivity (Wildman–Crippen MR) is 113 cm³/mol. The van der Waals surface area contributed by atoms with Crippen molar-refractivity contribution >= 4 is 37.5 Å². The van der Waals surface area contributed by atoms with Crippen molar-refractivity contribution in [3.05, 3.63) is 30.1 Å². The molecule has 0 spiro atoms. The average Bonchev–Trinajstić information content (AvgIpc) is 3.54. The van der Waals surface area contributed by atoms with E-state index in [4.69, 9.17) is 4.74 Å². The number of carbonyl (C=O) groups excluding carboxylic acids is 1. The second-order valence-corrected chi connectivity index (χ2v) is 11.7. The van der Waals surface area contributed by atoms with Gasteiger partial charge in [0.25, 0.3) is 10.0 Å². The lowest BCUT2D eigenvalue weighted by molar-refractivity contribution is -0.242. The van der Waals surface area contributed by atoms with Gasteiger partial charge in [-0.2, -0.15) is 13.9 Å². The number of carboxylic acid groups (broad SMARTS) is 1. The van der Waals surface area contributed by atoms with Gasteiger partial charge >= 0.3 is 6.55 Å². The molecule has 16 heteroatoms. The smallest absolute Gasteiger partial charge is 0.333 e. The van der Waals surface area contributed by atoms with E-state index in [0.717, 1.165) is 10.5 Å². The molecule has 1 atom stereocenters. The minimum atomic E-state index is -4.49. The number of aromatic nitrogens is 2. The van der Waals surface area contributed by atoms with E-state index in [-0.39, 0.29) is 40.6 Å². The molecule has 1 unspecified atom stereocenters. The maximum absolute atomic E-state index is 13.5. The summed E-state index contributed by atoms with van der Waals surface area (Å²) >= 11 is 0. The number of ether oxygens (including phenoxy) is 1. The number of hydrogen-bond acceptors (Lipinski definition) is 8. The van der Waals surface area contributed by atoms with Crippen LogP contribution in [0.2, 0.25) is 0 Å². The summed E-state index contributed by atoms with van der Waals surface area (Å²) in [7, 11) is -8.07. The highest BCUT2D eigenvalue weighted by Gasteiger charge is 2.39. The molecular weight excluding hydrogens is 500 g/mol. The molecule has 1 aliphatic carbocycles. The summed E-state index contributed by atoms with van der Waals surface area (Å²) in [6.07, 6.45) is -0.730. The summed E-state index contributed by atoms with van der Waals surface area (Å²) in [6.45, 7) is -2.51. The van der Waals surface area contributed by atoms with Crippen LogP contribution in [0.25, 0.3) is 0 Å². The number of anilines is 2. The molecule has 1 saturated carbocycles. The Kier molecular flexibility index (Phi) is 6.15. The fraction of sp³-hybridized carbons (Fsp3) is 0.444. The molecule has 2 aliphatic rings. The summed E-state index contributed by atoms with van der Waals surface area (Å²) in [4.78, 5) is 10.4. The van der Waals surface area contributed by atoms with Crippen molar-refractivity contribution in [1.82, 2.24) is 14.5 Å². The number of hydrogen-bond donors (Lipinski definition) is 2. The van der Waals surface area contributed by atoms with Crippen molar-refractivity contribution in [3.8, 4) is 5.75 Å². The van der Waals surface area contributed by atoms with Gasteiger partial charge < -0.3 is 20.0 Å². The number of alkyl halides is 2. The Morgan fingerprint density at radius 3 is 2.59 bits per heavy atom. The van der Waals surface area contributed by atoms with Crippen LogP contribution in [0, 0.1) is 6.92 Å². The van der Waals surface area contributed by atoms with Crippen molar-refractivity contribution < 1.29 is 40.3 Å². The zero-order valence-corrected chi connectivity index (χ0v) is 19.3. The van der Waals surface area contributed by atoms with Gasteiger partial charge in [-0.3, -0.25) is 4.31 Å². The lowest BCUT2D eigenvalue weighted by atomic mass is 10.2. The zero-order valence-electron chi connectivity index (χ0n) is 17.6. The molecule has 2 N–H and O–H groups in total. The summed E-state index contributed by atoms with van der Waals surface area (Å²) in [5.74, 6) is 0.0215. The highest BCUT2D eigenvalue weighted by atomic mass is 32.2. The summed E-state index contributed by atoms with van der Waals surface area (Å²) in [5, 5.41) is 15.8. The number of rotatable bonds is 8. The normalized spacial score (nSPS) is 18.5. The standard InChI is InChI=1S/C18H21F2N5O7S2/c1-10-16(8-21-25(10)17(19)20)34(30,31)24-9-12(7-22-33(28,29)13-3-4-13)32-15-5-2-11(6-14(15)24)23-18(26)27/h2,5-6,8,12-13,17,22-23H,3-4,7,9H2,1H3,(H,26,27)/p-1. The lowest BCUT2D eigenvalue weighted by Crippen LogP contribution is -2.48. The van der Waals surface area contributed by atoms with Gasteiger partial charge in [-0.1, -0.05) is 0 Å². The largest absolute Gasteiger partial charge is 0.530 e. The Morgan fingerprint density at radius 2 is 2.00 bits per heavy atom. The highest BCUT2D eigenvalue weighted by Crippen LogP contribution is 2.39. The molecule has 2 heterocycles. The first-order chi connectivity index (χ1) is 15.9. The van der Waals surface area contributed by atoms with Gasteiger partial charge in [0.05, 0.1) is 29.4 Å². The molecule has 0 bridgehead atoms. The maximum atomic E-state index is 13.5. The molecule has 0 radical (unpaired) electrons. The summed E-state index contributed by atoms with van der Waals surface area (Å²) in [6, 6.07) is 3.79. The SMILES string of the molecule is Cc1c(S(=O)(=O)N2CC(CNS(=O)(=O)C3CC3)Oc3ccc(NC(=O)[O-])cc32)cnn1C(F)F. The first kappa shape index (κ1) is 24.2. The number of sulfonamides is 2. The third kappa shape index (κ3) is 4.65. The molecule has 12 nitrogen and oxygen atoms in total. The fourth-order valence-electron chi connectivity index (χ4n) is 3.52. The molecule has 4 rings (SSSR count). The maximum Gasteiger partial charge on any atom is 0.333 e. The van der Waals surface area contributed by atoms with Crippen LogP contribution in [0.1, 0.15) is 25.1 Å². The van der Waals surface area contributed by atoms with Gasteiger partial charge in [-0.05, 0) is 38.0 Å². The van der Waals surface area contributed by atoms with E-state index in [9.17, 15) is 35.5 Å². The molecule has 34 heavy (non-hydrogen) atoms. The van der Waals surface area contributed by atoms with Crippen molar-refractivity contribution in [1.29, 1.82) is 0 Å². The van der Waals surface area contributed by atoms with E-state index in [1.54, 1.807) is 0 Å². The van der Waals surface area contributed by atoms with Crippen LogP contribution in [0.3, 0.4) is 0 Å². The van der Waals surface area contributed by atoms with E-state index in [2.05, 4.69) is 9.82 Å². The molecule has 186 valence electrons. The second kappa shape index (κ2) is 8.66. The minimum absolute atomic E-state index is 0.0181. The Balaban J connectivity index is 1.71. The van der Waals surface area contributed by atoms with Crippen molar-refractivity contribution in [2.24, 2.45) is 0 Å². The minimum Gasteiger partial charge on any atom is -0.530 e. The first-order valence-electron chi connectivity index (χ1n) is 10.0. The van der Waals surface area contributed by atoms with E-state index < -0.39 is 48.9 Å². The monoisotopic (exact) mass is 520 g/mol. The molecular formula is C18H20F2N5O7S2-. The number of nitrogens with one attached hydrogen (secondary N) is 2. The van der Waals surface area contributed by atoms with Crippen LogP contribution in [-0.4, -0.2) is 57.2 Å². The number of halogens is 2. The van der Waals surface area contributed by atoms with Gasteiger partial charge in [0.15, 0.2) is 0 Å². The summed E-state index contributed by atoms with van der Waals surface area (Å²) < 4.78 is 87.0. The van der Waals surface area contributed by atoms with Gasteiger partial charge in [0.1, 0.15) is 22.8 Å². The molecule has 1 fully saturated rings. The lowest BCUT2D eigenvalue weighted by Gasteiger charge is -2.35. The second-order valence-electron chi connectivity index (χ2n) is 7.78. The fourth-order valence-corrected chi connectivity index (χ4v) is 6.58. The molecule has 1 aliphatic heterocycles. The topological polar surface area (TPSA) is 163 Å². The Morgan fingerprint density at radius 1 is 1.29 bits per heavy atom. The molecule has 1 aromatic carbocycles. The Labute approximate surface area is 193 Å². The van der Waals surface area contributed by atoms with E-state index in [1.807, 2.05) is 5.32 Å². The predicted octanol–water partition coefficient (Wildman–Crippen LogP) is 0.380. The number of amides is 1.